The standard InChI is InChI=1S/C18H19FN2OS/c19-13-3-1-12(2-4-13)18-15-8-10-23-16(15)7-9-21(18)17(22)11-20-14-5-6-14/h1-4,8,10,14,18,20H,5-7,9,11H2/p+1/t18-/m0/s1. The maximum atomic E-state index is 13.3. The Hall–Kier alpha value is -1.72. The highest BCUT2D eigenvalue weighted by molar-refractivity contribution is 7.10. The topological polar surface area (TPSA) is 36.9 Å². The van der Waals surface area contributed by atoms with Crippen LogP contribution in [0.1, 0.15) is 34.9 Å². The van der Waals surface area contributed by atoms with Crippen LogP contribution >= 0.6 is 11.3 Å². The summed E-state index contributed by atoms with van der Waals surface area (Å²) in [5, 5.41) is 4.25. The van der Waals surface area contributed by atoms with Crippen molar-refractivity contribution in [3.63, 3.8) is 0 Å². The van der Waals surface area contributed by atoms with Gasteiger partial charge in [-0.05, 0) is 41.1 Å². The number of thiophene rings is 1. The summed E-state index contributed by atoms with van der Waals surface area (Å²) in [6.45, 7) is 1.26. The number of hydrogen-bond donors (Lipinski definition) is 1. The van der Waals surface area contributed by atoms with Crippen LogP contribution < -0.4 is 5.32 Å². The summed E-state index contributed by atoms with van der Waals surface area (Å²) in [6, 6.07) is 9.24. The molecule has 0 saturated heterocycles. The summed E-state index contributed by atoms with van der Waals surface area (Å²) in [6.07, 6.45) is 3.37. The van der Waals surface area contributed by atoms with Crippen molar-refractivity contribution < 1.29 is 14.5 Å². The number of nitrogens with zero attached hydrogens (tertiary/aromatic N) is 1. The number of carbonyl (C=O) groups excluding carboxylic acids is 1. The molecule has 5 heteroatoms. The Morgan fingerprint density at radius 2 is 2.04 bits per heavy atom. The number of nitrogens with two attached hydrogens (primary N) is 1. The summed E-state index contributed by atoms with van der Waals surface area (Å²) in [5.74, 6) is -0.0573. The molecule has 1 saturated carbocycles. The van der Waals surface area contributed by atoms with Gasteiger partial charge < -0.3 is 10.2 Å². The maximum Gasteiger partial charge on any atom is 0.278 e. The molecule has 0 bridgehead atoms. The average Bonchev–Trinajstić information content (AvgIpc) is 3.27. The van der Waals surface area contributed by atoms with E-state index in [2.05, 4.69) is 16.8 Å². The fourth-order valence-electron chi connectivity index (χ4n) is 3.31. The number of fused-ring (bicyclic) bond motifs is 1. The Balaban J connectivity index is 1.63. The summed E-state index contributed by atoms with van der Waals surface area (Å²) in [7, 11) is 0. The lowest BCUT2D eigenvalue weighted by atomic mass is 9.93. The molecular formula is C18H20FN2OS+. The van der Waals surface area contributed by atoms with Crippen molar-refractivity contribution in [2.45, 2.75) is 31.3 Å². The van der Waals surface area contributed by atoms with E-state index in [1.807, 2.05) is 4.90 Å². The van der Waals surface area contributed by atoms with Gasteiger partial charge in [-0.3, -0.25) is 4.79 Å². The first-order valence-corrected chi connectivity index (χ1v) is 9.05. The van der Waals surface area contributed by atoms with E-state index < -0.39 is 0 Å². The summed E-state index contributed by atoms with van der Waals surface area (Å²) in [4.78, 5) is 16.1. The third-order valence-corrected chi connectivity index (χ3v) is 5.72. The molecule has 1 amide bonds. The number of amides is 1. The first-order valence-electron chi connectivity index (χ1n) is 8.17. The van der Waals surface area contributed by atoms with Crippen LogP contribution in [0.15, 0.2) is 35.7 Å². The Bertz CT molecular complexity index is 708. The van der Waals surface area contributed by atoms with Gasteiger partial charge in [0.1, 0.15) is 5.82 Å². The second-order valence-corrected chi connectivity index (χ2v) is 7.37. The van der Waals surface area contributed by atoms with E-state index in [9.17, 15) is 9.18 Å². The fraction of sp³-hybridized carbons (Fsp3) is 0.389. The van der Waals surface area contributed by atoms with Crippen LogP contribution in [-0.2, 0) is 11.2 Å². The number of rotatable bonds is 4. The molecule has 23 heavy (non-hydrogen) atoms. The minimum atomic E-state index is -0.241. The molecule has 1 aromatic heterocycles. The minimum absolute atomic E-state index is 0.0781. The molecular weight excluding hydrogens is 311 g/mol. The molecule has 1 aliphatic carbocycles. The molecule has 1 atom stereocenters. The van der Waals surface area contributed by atoms with Crippen LogP contribution in [0.2, 0.25) is 0 Å². The van der Waals surface area contributed by atoms with Crippen LogP contribution in [0.5, 0.6) is 0 Å². The number of quaternary nitrogens is 1. The molecule has 2 N–H and O–H groups in total. The van der Waals surface area contributed by atoms with Crippen molar-refractivity contribution in [3.8, 4) is 0 Å². The number of carbonyl (C=O) groups is 1. The third kappa shape index (κ3) is 3.03. The van der Waals surface area contributed by atoms with Gasteiger partial charge in [0.2, 0.25) is 0 Å². The van der Waals surface area contributed by atoms with Crippen molar-refractivity contribution in [1.82, 2.24) is 4.90 Å². The second-order valence-electron chi connectivity index (χ2n) is 6.37. The van der Waals surface area contributed by atoms with Crippen LogP contribution in [0.25, 0.3) is 0 Å². The van der Waals surface area contributed by atoms with E-state index in [0.717, 1.165) is 18.5 Å². The molecule has 1 fully saturated rings. The quantitative estimate of drug-likeness (QED) is 0.915. The van der Waals surface area contributed by atoms with Crippen molar-refractivity contribution in [3.05, 3.63) is 57.5 Å². The zero-order valence-electron chi connectivity index (χ0n) is 12.9. The van der Waals surface area contributed by atoms with Gasteiger partial charge in [-0.2, -0.15) is 0 Å². The molecule has 1 aromatic carbocycles. The van der Waals surface area contributed by atoms with E-state index in [1.54, 1.807) is 23.5 Å². The van der Waals surface area contributed by atoms with E-state index >= 15 is 0 Å². The van der Waals surface area contributed by atoms with Crippen LogP contribution in [-0.4, -0.2) is 29.9 Å². The van der Waals surface area contributed by atoms with Gasteiger partial charge in [0, 0.05) is 24.3 Å². The first kappa shape index (κ1) is 14.8. The van der Waals surface area contributed by atoms with Gasteiger partial charge in [-0.25, -0.2) is 4.39 Å². The largest absolute Gasteiger partial charge is 0.336 e. The molecule has 1 aliphatic heterocycles. The lowest BCUT2D eigenvalue weighted by Gasteiger charge is -2.36. The third-order valence-electron chi connectivity index (χ3n) is 4.72. The summed E-state index contributed by atoms with van der Waals surface area (Å²) in [5.41, 5.74) is 2.19. The monoisotopic (exact) mass is 331 g/mol. The highest BCUT2D eigenvalue weighted by Crippen LogP contribution is 2.37. The molecule has 3 nitrogen and oxygen atoms in total. The average molecular weight is 331 g/mol. The Kier molecular flexibility index (Phi) is 3.91. The molecule has 2 aliphatic rings. The molecule has 0 unspecified atom stereocenters. The molecule has 120 valence electrons. The van der Waals surface area contributed by atoms with Crippen LogP contribution in [0.4, 0.5) is 4.39 Å². The Labute approximate surface area is 139 Å². The Morgan fingerprint density at radius 3 is 2.78 bits per heavy atom. The smallest absolute Gasteiger partial charge is 0.278 e. The first-order chi connectivity index (χ1) is 11.2. The predicted octanol–water partition coefficient (Wildman–Crippen LogP) is 2.09. The fourth-order valence-corrected chi connectivity index (χ4v) is 4.21. The molecule has 2 heterocycles. The van der Waals surface area contributed by atoms with Crippen LogP contribution in [0, 0.1) is 5.82 Å². The highest BCUT2D eigenvalue weighted by Gasteiger charge is 2.34. The SMILES string of the molecule is O=C(C[NH2+]C1CC1)N1CCc2sccc2[C@@H]1c1ccc(F)cc1. The zero-order valence-corrected chi connectivity index (χ0v) is 13.7. The lowest BCUT2D eigenvalue weighted by Crippen LogP contribution is -2.88. The van der Waals surface area contributed by atoms with E-state index in [1.165, 1.54) is 35.4 Å². The second kappa shape index (κ2) is 6.06. The predicted molar refractivity (Wildman–Crippen MR) is 87.8 cm³/mol. The van der Waals surface area contributed by atoms with Crippen molar-refractivity contribution in [2.24, 2.45) is 0 Å². The van der Waals surface area contributed by atoms with E-state index in [4.69, 9.17) is 0 Å². The lowest BCUT2D eigenvalue weighted by molar-refractivity contribution is -0.658. The Morgan fingerprint density at radius 1 is 1.26 bits per heavy atom. The minimum Gasteiger partial charge on any atom is -0.336 e. The molecule has 0 radical (unpaired) electrons. The van der Waals surface area contributed by atoms with Gasteiger partial charge >= 0.3 is 0 Å². The summed E-state index contributed by atoms with van der Waals surface area (Å²) < 4.78 is 13.3. The number of benzene rings is 1. The summed E-state index contributed by atoms with van der Waals surface area (Å²) >= 11 is 1.75. The van der Waals surface area contributed by atoms with Crippen molar-refractivity contribution >= 4 is 17.2 Å². The van der Waals surface area contributed by atoms with Crippen LogP contribution in [0.3, 0.4) is 0 Å². The molecule has 4 rings (SSSR count). The highest BCUT2D eigenvalue weighted by atomic mass is 32.1. The van der Waals surface area contributed by atoms with E-state index in [-0.39, 0.29) is 17.8 Å². The van der Waals surface area contributed by atoms with Crippen molar-refractivity contribution in [2.75, 3.05) is 13.1 Å². The molecule has 2 aromatic rings. The van der Waals surface area contributed by atoms with Gasteiger partial charge in [0.25, 0.3) is 5.91 Å². The van der Waals surface area contributed by atoms with Gasteiger partial charge in [-0.1, -0.05) is 12.1 Å². The van der Waals surface area contributed by atoms with E-state index in [0.29, 0.717) is 12.6 Å². The molecule has 0 spiro atoms. The van der Waals surface area contributed by atoms with Crippen molar-refractivity contribution in [1.29, 1.82) is 0 Å². The van der Waals surface area contributed by atoms with Gasteiger partial charge in [0.05, 0.1) is 12.1 Å². The van der Waals surface area contributed by atoms with Gasteiger partial charge in [-0.15, -0.1) is 11.3 Å². The number of hydrogen-bond acceptors (Lipinski definition) is 2. The number of halogens is 1. The normalized spacial score (nSPS) is 20.4. The zero-order chi connectivity index (χ0) is 15.8. The van der Waals surface area contributed by atoms with Gasteiger partial charge in [0.15, 0.2) is 6.54 Å². The maximum absolute atomic E-state index is 13.3.